The number of rotatable bonds is 3. The molecule has 0 atom stereocenters. The largest absolute Gasteiger partial charge is 0.322 e. The van der Waals surface area contributed by atoms with E-state index in [9.17, 15) is 13.6 Å². The first kappa shape index (κ1) is 17.2. The Bertz CT molecular complexity index is 1140. The summed E-state index contributed by atoms with van der Waals surface area (Å²) in [6, 6.07) is 12.1. The molecular formula is C20H13F2N3OS. The molecule has 0 unspecified atom stereocenters. The van der Waals surface area contributed by atoms with Gasteiger partial charge in [-0.1, -0.05) is 23.5 Å². The number of amides is 1. The van der Waals surface area contributed by atoms with E-state index in [1.54, 1.807) is 12.3 Å². The molecule has 2 heterocycles. The first-order valence-electron chi connectivity index (χ1n) is 8.10. The Morgan fingerprint density at radius 3 is 2.74 bits per heavy atom. The SMILES string of the molecule is Cc1ccc(-c2nc3cccnc3s2)cc1NC(=O)c1ccc(F)cc1F. The van der Waals surface area contributed by atoms with Crippen LogP contribution in [0.1, 0.15) is 15.9 Å². The average Bonchev–Trinajstić information content (AvgIpc) is 3.07. The van der Waals surface area contributed by atoms with Crippen LogP contribution >= 0.6 is 11.3 Å². The van der Waals surface area contributed by atoms with Crippen molar-refractivity contribution in [1.29, 1.82) is 0 Å². The van der Waals surface area contributed by atoms with Gasteiger partial charge in [0.25, 0.3) is 5.91 Å². The van der Waals surface area contributed by atoms with Gasteiger partial charge in [0.2, 0.25) is 0 Å². The second kappa shape index (κ2) is 6.85. The van der Waals surface area contributed by atoms with Gasteiger partial charge in [0, 0.05) is 23.5 Å². The predicted molar refractivity (Wildman–Crippen MR) is 102 cm³/mol. The lowest BCUT2D eigenvalue weighted by atomic mass is 10.1. The monoisotopic (exact) mass is 381 g/mol. The molecule has 7 heteroatoms. The standard InChI is InChI=1S/C20H13F2N3OS/c1-11-4-5-12(19-25-16-3-2-8-23-20(16)27-19)9-17(11)24-18(26)14-7-6-13(21)10-15(14)22/h2-10H,1H3,(H,24,26). The molecule has 1 N–H and O–H groups in total. The Morgan fingerprint density at radius 2 is 1.96 bits per heavy atom. The number of pyridine rings is 1. The highest BCUT2D eigenvalue weighted by Crippen LogP contribution is 2.31. The van der Waals surface area contributed by atoms with E-state index in [0.717, 1.165) is 38.6 Å². The van der Waals surface area contributed by atoms with Gasteiger partial charge in [-0.2, -0.15) is 0 Å². The number of carbonyl (C=O) groups is 1. The zero-order valence-electron chi connectivity index (χ0n) is 14.2. The number of benzene rings is 2. The van der Waals surface area contributed by atoms with Crippen molar-refractivity contribution in [3.8, 4) is 10.6 Å². The topological polar surface area (TPSA) is 54.9 Å². The van der Waals surface area contributed by atoms with Gasteiger partial charge in [-0.15, -0.1) is 0 Å². The third-order valence-electron chi connectivity index (χ3n) is 4.07. The van der Waals surface area contributed by atoms with E-state index in [4.69, 9.17) is 0 Å². The van der Waals surface area contributed by atoms with Crippen molar-refractivity contribution >= 4 is 33.3 Å². The summed E-state index contributed by atoms with van der Waals surface area (Å²) < 4.78 is 26.9. The van der Waals surface area contributed by atoms with Crippen molar-refractivity contribution in [1.82, 2.24) is 9.97 Å². The van der Waals surface area contributed by atoms with Gasteiger partial charge in [-0.05, 0) is 42.8 Å². The highest BCUT2D eigenvalue weighted by atomic mass is 32.1. The third kappa shape index (κ3) is 3.41. The first-order chi connectivity index (χ1) is 13.0. The van der Waals surface area contributed by atoms with Gasteiger partial charge in [-0.25, -0.2) is 18.7 Å². The van der Waals surface area contributed by atoms with Gasteiger partial charge in [0.15, 0.2) is 0 Å². The highest BCUT2D eigenvalue weighted by molar-refractivity contribution is 7.21. The van der Waals surface area contributed by atoms with E-state index in [2.05, 4.69) is 15.3 Å². The van der Waals surface area contributed by atoms with E-state index < -0.39 is 17.5 Å². The summed E-state index contributed by atoms with van der Waals surface area (Å²) in [4.78, 5) is 22.1. The van der Waals surface area contributed by atoms with Gasteiger partial charge < -0.3 is 5.32 Å². The summed E-state index contributed by atoms with van der Waals surface area (Å²) in [6.07, 6.45) is 1.71. The molecule has 0 saturated carbocycles. The maximum atomic E-state index is 13.9. The van der Waals surface area contributed by atoms with Gasteiger partial charge in [-0.3, -0.25) is 4.79 Å². The molecule has 0 radical (unpaired) electrons. The molecule has 134 valence electrons. The van der Waals surface area contributed by atoms with Gasteiger partial charge in [0.1, 0.15) is 27.0 Å². The number of hydrogen-bond acceptors (Lipinski definition) is 4. The molecule has 2 aromatic heterocycles. The minimum absolute atomic E-state index is 0.217. The van der Waals surface area contributed by atoms with Crippen molar-refractivity contribution in [2.45, 2.75) is 6.92 Å². The number of aryl methyl sites for hydroxylation is 1. The minimum Gasteiger partial charge on any atom is -0.322 e. The molecule has 0 aliphatic rings. The quantitative estimate of drug-likeness (QED) is 0.531. The highest BCUT2D eigenvalue weighted by Gasteiger charge is 2.15. The van der Waals surface area contributed by atoms with E-state index in [-0.39, 0.29) is 5.56 Å². The van der Waals surface area contributed by atoms with E-state index in [0.29, 0.717) is 11.8 Å². The maximum Gasteiger partial charge on any atom is 0.258 e. The number of hydrogen-bond donors (Lipinski definition) is 1. The summed E-state index contributed by atoms with van der Waals surface area (Å²) in [7, 11) is 0. The fourth-order valence-corrected chi connectivity index (χ4v) is 3.55. The zero-order valence-corrected chi connectivity index (χ0v) is 15.0. The Morgan fingerprint density at radius 1 is 1.11 bits per heavy atom. The van der Waals surface area contributed by atoms with Crippen LogP contribution in [0.5, 0.6) is 0 Å². The summed E-state index contributed by atoms with van der Waals surface area (Å²) in [5, 5.41) is 3.46. The van der Waals surface area contributed by atoms with Crippen LogP contribution in [0.15, 0.2) is 54.7 Å². The van der Waals surface area contributed by atoms with Gasteiger partial charge >= 0.3 is 0 Å². The lowest BCUT2D eigenvalue weighted by Crippen LogP contribution is -2.14. The second-order valence-corrected chi connectivity index (χ2v) is 6.93. The number of thiazole rings is 1. The number of fused-ring (bicyclic) bond motifs is 1. The van der Waals surface area contributed by atoms with Crippen LogP contribution in [-0.2, 0) is 0 Å². The fraction of sp³-hybridized carbons (Fsp3) is 0.0500. The molecule has 4 rings (SSSR count). The molecular weight excluding hydrogens is 368 g/mol. The number of nitrogens with one attached hydrogen (secondary N) is 1. The Kier molecular flexibility index (Phi) is 4.37. The van der Waals surface area contributed by atoms with Crippen LogP contribution in [0.3, 0.4) is 0 Å². The minimum atomic E-state index is -0.904. The van der Waals surface area contributed by atoms with Crippen LogP contribution in [-0.4, -0.2) is 15.9 Å². The van der Waals surface area contributed by atoms with Crippen molar-refractivity contribution < 1.29 is 13.6 Å². The molecule has 0 fully saturated rings. The fourth-order valence-electron chi connectivity index (χ4n) is 2.65. The zero-order chi connectivity index (χ0) is 19.0. The van der Waals surface area contributed by atoms with Crippen LogP contribution in [0.25, 0.3) is 20.9 Å². The van der Waals surface area contributed by atoms with Crippen molar-refractivity contribution in [3.05, 3.63) is 77.5 Å². The molecule has 0 bridgehead atoms. The summed E-state index contributed by atoms with van der Waals surface area (Å²) in [6.45, 7) is 1.83. The lowest BCUT2D eigenvalue weighted by Gasteiger charge is -2.10. The average molecular weight is 381 g/mol. The number of aromatic nitrogens is 2. The van der Waals surface area contributed by atoms with E-state index >= 15 is 0 Å². The number of anilines is 1. The Hall–Kier alpha value is -3.19. The van der Waals surface area contributed by atoms with Gasteiger partial charge in [0.05, 0.1) is 5.56 Å². The smallest absolute Gasteiger partial charge is 0.258 e. The van der Waals surface area contributed by atoms with E-state index in [1.165, 1.54) is 11.3 Å². The summed E-state index contributed by atoms with van der Waals surface area (Å²) in [5.74, 6) is -2.27. The first-order valence-corrected chi connectivity index (χ1v) is 8.92. The van der Waals surface area contributed by atoms with Crippen LogP contribution < -0.4 is 5.32 Å². The molecule has 4 aromatic rings. The van der Waals surface area contributed by atoms with Crippen molar-refractivity contribution in [2.24, 2.45) is 0 Å². The Labute approximate surface area is 157 Å². The molecule has 0 saturated heterocycles. The molecule has 27 heavy (non-hydrogen) atoms. The Balaban J connectivity index is 1.67. The molecule has 2 aromatic carbocycles. The molecule has 0 aliphatic carbocycles. The lowest BCUT2D eigenvalue weighted by molar-refractivity contribution is 0.102. The number of nitrogens with zero attached hydrogens (tertiary/aromatic N) is 2. The van der Waals surface area contributed by atoms with Crippen LogP contribution in [0.2, 0.25) is 0 Å². The molecule has 0 aliphatic heterocycles. The van der Waals surface area contributed by atoms with E-state index in [1.807, 2.05) is 31.2 Å². The summed E-state index contributed by atoms with van der Waals surface area (Å²) >= 11 is 1.45. The molecule has 0 spiro atoms. The van der Waals surface area contributed by atoms with Crippen LogP contribution in [0.4, 0.5) is 14.5 Å². The second-order valence-electron chi connectivity index (χ2n) is 5.95. The van der Waals surface area contributed by atoms with Crippen molar-refractivity contribution in [2.75, 3.05) is 5.32 Å². The molecule has 4 nitrogen and oxygen atoms in total. The summed E-state index contributed by atoms with van der Waals surface area (Å²) in [5.41, 5.74) is 2.75. The predicted octanol–water partition coefficient (Wildman–Crippen LogP) is 5.20. The molecule has 1 amide bonds. The van der Waals surface area contributed by atoms with Crippen LogP contribution in [0, 0.1) is 18.6 Å². The maximum absolute atomic E-state index is 13.9. The van der Waals surface area contributed by atoms with Crippen molar-refractivity contribution in [3.63, 3.8) is 0 Å². The third-order valence-corrected chi connectivity index (χ3v) is 5.10. The number of carbonyl (C=O) groups excluding carboxylic acids is 1. The normalized spacial score (nSPS) is 10.9. The number of halogens is 2.